The number of thiophene rings is 1. The molecule has 4 rings (SSSR count). The molecule has 27 heavy (non-hydrogen) atoms. The van der Waals surface area contributed by atoms with E-state index < -0.39 is 0 Å². The van der Waals surface area contributed by atoms with Crippen molar-refractivity contribution in [3.8, 4) is 10.7 Å². The Bertz CT molecular complexity index is 775. The van der Waals surface area contributed by atoms with Gasteiger partial charge in [-0.25, -0.2) is 0 Å². The Balaban J connectivity index is 1.23. The van der Waals surface area contributed by atoms with E-state index >= 15 is 0 Å². The summed E-state index contributed by atoms with van der Waals surface area (Å²) < 4.78 is 5.26. The van der Waals surface area contributed by atoms with Gasteiger partial charge in [0.2, 0.25) is 23.5 Å². The molecule has 144 valence electrons. The lowest BCUT2D eigenvalue weighted by Crippen LogP contribution is -2.43. The van der Waals surface area contributed by atoms with Crippen LogP contribution in [-0.4, -0.2) is 57.9 Å². The first-order chi connectivity index (χ1) is 13.2. The lowest BCUT2D eigenvalue weighted by atomic mass is 9.95. The van der Waals surface area contributed by atoms with Crippen LogP contribution in [-0.2, 0) is 16.0 Å². The molecular weight excluding hydrogens is 364 g/mol. The van der Waals surface area contributed by atoms with Crippen molar-refractivity contribution in [1.29, 1.82) is 0 Å². The van der Waals surface area contributed by atoms with Crippen molar-refractivity contribution in [3.63, 3.8) is 0 Å². The van der Waals surface area contributed by atoms with Crippen molar-refractivity contribution < 1.29 is 14.1 Å². The standard InChI is InChI=1S/C19H24N4O3S/c24-17(6-5-16-20-18(21-26-16)15-4-3-13-27-15)22-11-7-14(8-12-22)19(25)23-9-1-2-10-23/h3-4,13-14H,1-2,5-12H2. The van der Waals surface area contributed by atoms with Crippen LogP contribution in [0.25, 0.3) is 10.7 Å². The summed E-state index contributed by atoms with van der Waals surface area (Å²) in [5.74, 6) is 1.53. The molecule has 0 aliphatic carbocycles. The van der Waals surface area contributed by atoms with E-state index in [9.17, 15) is 9.59 Å². The van der Waals surface area contributed by atoms with Gasteiger partial charge >= 0.3 is 0 Å². The summed E-state index contributed by atoms with van der Waals surface area (Å²) in [5.41, 5.74) is 0. The van der Waals surface area contributed by atoms with E-state index in [2.05, 4.69) is 10.1 Å². The third-order valence-electron chi connectivity index (χ3n) is 5.38. The number of amides is 2. The Morgan fingerprint density at radius 2 is 1.93 bits per heavy atom. The summed E-state index contributed by atoms with van der Waals surface area (Å²) >= 11 is 1.56. The molecule has 0 aromatic carbocycles. The second-order valence-electron chi connectivity index (χ2n) is 7.18. The molecule has 2 amide bonds. The molecule has 0 spiro atoms. The zero-order valence-electron chi connectivity index (χ0n) is 15.3. The first-order valence-electron chi connectivity index (χ1n) is 9.64. The van der Waals surface area contributed by atoms with Gasteiger partial charge in [0, 0.05) is 44.9 Å². The van der Waals surface area contributed by atoms with Gasteiger partial charge < -0.3 is 14.3 Å². The van der Waals surface area contributed by atoms with Gasteiger partial charge in [-0.05, 0) is 37.1 Å². The van der Waals surface area contributed by atoms with Crippen LogP contribution in [0.2, 0.25) is 0 Å². The minimum Gasteiger partial charge on any atom is -0.343 e. The highest BCUT2D eigenvalue weighted by Gasteiger charge is 2.31. The molecule has 0 atom stereocenters. The van der Waals surface area contributed by atoms with Crippen LogP contribution < -0.4 is 0 Å². The van der Waals surface area contributed by atoms with Crippen molar-refractivity contribution in [2.45, 2.75) is 38.5 Å². The second-order valence-corrected chi connectivity index (χ2v) is 8.12. The number of carbonyl (C=O) groups is 2. The van der Waals surface area contributed by atoms with E-state index in [1.807, 2.05) is 27.3 Å². The molecular formula is C19H24N4O3S. The smallest absolute Gasteiger partial charge is 0.227 e. The van der Waals surface area contributed by atoms with Gasteiger partial charge in [0.25, 0.3) is 0 Å². The molecule has 8 heteroatoms. The molecule has 2 aromatic heterocycles. The van der Waals surface area contributed by atoms with E-state index in [0.29, 0.717) is 37.6 Å². The van der Waals surface area contributed by atoms with Crippen LogP contribution >= 0.6 is 11.3 Å². The molecule has 0 bridgehead atoms. The van der Waals surface area contributed by atoms with Gasteiger partial charge in [-0.15, -0.1) is 11.3 Å². The van der Waals surface area contributed by atoms with Gasteiger partial charge in [-0.2, -0.15) is 4.98 Å². The molecule has 2 aliphatic heterocycles. The van der Waals surface area contributed by atoms with Crippen LogP contribution in [0.4, 0.5) is 0 Å². The van der Waals surface area contributed by atoms with Crippen LogP contribution in [0.3, 0.4) is 0 Å². The van der Waals surface area contributed by atoms with Gasteiger partial charge in [-0.1, -0.05) is 11.2 Å². The van der Waals surface area contributed by atoms with Crippen LogP contribution in [0.15, 0.2) is 22.0 Å². The van der Waals surface area contributed by atoms with Gasteiger partial charge in [0.15, 0.2) is 0 Å². The maximum Gasteiger partial charge on any atom is 0.227 e. The number of piperidine rings is 1. The molecule has 2 aliphatic rings. The van der Waals surface area contributed by atoms with Gasteiger partial charge in [-0.3, -0.25) is 9.59 Å². The number of rotatable bonds is 5. The summed E-state index contributed by atoms with van der Waals surface area (Å²) in [6.07, 6.45) is 4.58. The van der Waals surface area contributed by atoms with Crippen LogP contribution in [0.5, 0.6) is 0 Å². The van der Waals surface area contributed by atoms with E-state index in [0.717, 1.165) is 43.6 Å². The third-order valence-corrected chi connectivity index (χ3v) is 6.24. The van der Waals surface area contributed by atoms with Crippen molar-refractivity contribution in [1.82, 2.24) is 19.9 Å². The quantitative estimate of drug-likeness (QED) is 0.787. The van der Waals surface area contributed by atoms with Crippen molar-refractivity contribution in [2.24, 2.45) is 5.92 Å². The normalized spacial score (nSPS) is 18.2. The number of hydrogen-bond donors (Lipinski definition) is 0. The highest BCUT2D eigenvalue weighted by atomic mass is 32.1. The van der Waals surface area contributed by atoms with Crippen molar-refractivity contribution in [3.05, 3.63) is 23.4 Å². The average molecular weight is 388 g/mol. The number of aromatic nitrogens is 2. The predicted molar refractivity (Wildman–Crippen MR) is 101 cm³/mol. The minimum absolute atomic E-state index is 0.0800. The molecule has 0 radical (unpaired) electrons. The van der Waals surface area contributed by atoms with Crippen LogP contribution in [0.1, 0.15) is 38.0 Å². The zero-order valence-corrected chi connectivity index (χ0v) is 16.1. The summed E-state index contributed by atoms with van der Waals surface area (Å²) in [6, 6.07) is 3.88. The highest BCUT2D eigenvalue weighted by molar-refractivity contribution is 7.13. The fraction of sp³-hybridized carbons (Fsp3) is 0.579. The third kappa shape index (κ3) is 4.21. The lowest BCUT2D eigenvalue weighted by molar-refractivity contribution is -0.140. The number of hydrogen-bond acceptors (Lipinski definition) is 6. The fourth-order valence-corrected chi connectivity index (χ4v) is 4.46. The molecule has 2 aromatic rings. The zero-order chi connectivity index (χ0) is 18.6. The fourth-order valence-electron chi connectivity index (χ4n) is 3.81. The highest BCUT2D eigenvalue weighted by Crippen LogP contribution is 2.24. The molecule has 0 saturated carbocycles. The van der Waals surface area contributed by atoms with Crippen LogP contribution in [0, 0.1) is 5.92 Å². The monoisotopic (exact) mass is 388 g/mol. The molecule has 4 heterocycles. The second kappa shape index (κ2) is 8.21. The molecule has 7 nitrogen and oxygen atoms in total. The predicted octanol–water partition coefficient (Wildman–Crippen LogP) is 2.59. The van der Waals surface area contributed by atoms with E-state index in [4.69, 9.17) is 4.52 Å². The molecule has 2 saturated heterocycles. The Morgan fingerprint density at radius 1 is 1.15 bits per heavy atom. The van der Waals surface area contributed by atoms with Crippen molar-refractivity contribution >= 4 is 23.2 Å². The van der Waals surface area contributed by atoms with E-state index in [-0.39, 0.29) is 17.7 Å². The topological polar surface area (TPSA) is 79.5 Å². The van der Waals surface area contributed by atoms with Gasteiger partial charge in [0.05, 0.1) is 4.88 Å². The summed E-state index contributed by atoms with van der Waals surface area (Å²) in [7, 11) is 0. The lowest BCUT2D eigenvalue weighted by Gasteiger charge is -2.33. The number of likely N-dealkylation sites (tertiary alicyclic amines) is 2. The number of carbonyl (C=O) groups excluding carboxylic acids is 2. The Hall–Kier alpha value is -2.22. The summed E-state index contributed by atoms with van der Waals surface area (Å²) in [5, 5.41) is 5.94. The Kier molecular flexibility index (Phi) is 5.52. The minimum atomic E-state index is 0.0800. The first-order valence-corrected chi connectivity index (χ1v) is 10.5. The number of nitrogens with zero attached hydrogens (tertiary/aromatic N) is 4. The van der Waals surface area contributed by atoms with E-state index in [1.165, 1.54) is 0 Å². The molecule has 0 unspecified atom stereocenters. The average Bonchev–Trinajstić information content (AvgIpc) is 3.47. The molecule has 0 N–H and O–H groups in total. The SMILES string of the molecule is O=C(CCc1nc(-c2cccs2)no1)N1CCC(C(=O)N2CCCC2)CC1. The van der Waals surface area contributed by atoms with Gasteiger partial charge in [0.1, 0.15) is 0 Å². The largest absolute Gasteiger partial charge is 0.343 e. The summed E-state index contributed by atoms with van der Waals surface area (Å²) in [4.78, 5) is 34.1. The van der Waals surface area contributed by atoms with E-state index in [1.54, 1.807) is 11.3 Å². The first kappa shape index (κ1) is 18.2. The summed E-state index contributed by atoms with van der Waals surface area (Å²) in [6.45, 7) is 3.12. The maximum absolute atomic E-state index is 12.5. The Morgan fingerprint density at radius 3 is 2.63 bits per heavy atom. The maximum atomic E-state index is 12.5. The van der Waals surface area contributed by atoms with Crippen molar-refractivity contribution in [2.75, 3.05) is 26.2 Å². The number of aryl methyl sites for hydroxylation is 1. The molecule has 2 fully saturated rings. The Labute approximate surface area is 162 Å².